The molecule has 0 unspecified atom stereocenters. The van der Waals surface area contributed by atoms with Gasteiger partial charge in [-0.1, -0.05) is 86.7 Å². The average molecular weight is 1660 g/mol. The van der Waals surface area contributed by atoms with Gasteiger partial charge < -0.3 is 83.6 Å². The fraction of sp³-hybridized carbons (Fsp3) is 0.434. The van der Waals surface area contributed by atoms with Crippen molar-refractivity contribution in [3.05, 3.63) is 181 Å². The van der Waals surface area contributed by atoms with Crippen molar-refractivity contribution in [1.82, 2.24) is 72.5 Å². The van der Waals surface area contributed by atoms with Crippen molar-refractivity contribution in [2.75, 3.05) is 79.8 Å². The maximum absolute atomic E-state index is 15.7. The summed E-state index contributed by atoms with van der Waals surface area (Å²) in [6, 6.07) is 19.3. The highest BCUT2D eigenvalue weighted by Crippen LogP contribution is 2.43. The lowest BCUT2D eigenvalue weighted by atomic mass is 9.93. The molecule has 0 spiro atoms. The van der Waals surface area contributed by atoms with Crippen molar-refractivity contribution in [3.63, 3.8) is 0 Å². The Morgan fingerprint density at radius 3 is 1.52 bits per heavy atom. The Morgan fingerprint density at radius 1 is 0.546 bits per heavy atom. The van der Waals surface area contributed by atoms with Gasteiger partial charge in [0.2, 0.25) is 35.4 Å². The van der Waals surface area contributed by atoms with E-state index in [9.17, 15) is 46.5 Å². The number of aromatic amines is 2. The molecule has 6 aromatic carbocycles. The molecule has 1 aromatic heterocycles. The summed E-state index contributed by atoms with van der Waals surface area (Å²) in [5, 5.41) is 23.1. The lowest BCUT2D eigenvalue weighted by molar-refractivity contribution is -0.141. The number of aromatic nitrogens is 3. The van der Waals surface area contributed by atoms with Gasteiger partial charge in [0.25, 0.3) is 17.7 Å². The van der Waals surface area contributed by atoms with Crippen LogP contribution in [-0.2, 0) is 63.1 Å². The van der Waals surface area contributed by atoms with Gasteiger partial charge in [-0.15, -0.1) is 0 Å². The molecule has 8 atom stereocenters. The molecule has 0 radical (unpaired) electrons. The van der Waals surface area contributed by atoms with Crippen LogP contribution in [0.25, 0.3) is 22.3 Å². The first-order valence-electron chi connectivity index (χ1n) is 39.7. The molecule has 3 heterocycles. The largest absolute Gasteiger partial charge is 0.492 e. The number of hydrogen-bond donors (Lipinski definition) is 16. The maximum atomic E-state index is 15.7. The minimum absolute atomic E-state index is 0.0147. The van der Waals surface area contributed by atoms with E-state index in [0.717, 1.165) is 54.6 Å². The van der Waals surface area contributed by atoms with Gasteiger partial charge in [-0.05, 0) is 173 Å². The number of hydrogen-bond acceptors (Lipinski definition) is 23. The molecule has 0 aliphatic carbocycles. The molecule has 9 amide bonds. The van der Waals surface area contributed by atoms with Crippen LogP contribution in [0.15, 0.2) is 114 Å². The summed E-state index contributed by atoms with van der Waals surface area (Å²) in [5.41, 5.74) is 36.3. The van der Waals surface area contributed by atoms with Gasteiger partial charge in [0.15, 0.2) is 5.82 Å². The zero-order valence-electron chi connectivity index (χ0n) is 68.2. The highest BCUT2D eigenvalue weighted by Gasteiger charge is 2.40. The third-order valence-electron chi connectivity index (χ3n) is 20.4. The van der Waals surface area contributed by atoms with Gasteiger partial charge in [0.05, 0.1) is 6.04 Å². The first kappa shape index (κ1) is 91.3. The van der Waals surface area contributed by atoms with Crippen molar-refractivity contribution >= 4 is 63.5 Å². The van der Waals surface area contributed by atoms with Gasteiger partial charge in [0, 0.05) is 86.6 Å². The molecular formula is C83H110N18O17S. The van der Waals surface area contributed by atoms with Crippen LogP contribution in [0.1, 0.15) is 155 Å². The predicted molar refractivity (Wildman–Crippen MR) is 445 cm³/mol. The van der Waals surface area contributed by atoms with E-state index in [4.69, 9.17) is 41.9 Å². The van der Waals surface area contributed by atoms with Crippen LogP contribution in [0.5, 0.6) is 23.0 Å². The van der Waals surface area contributed by atoms with E-state index in [2.05, 4.69) is 64.9 Å². The summed E-state index contributed by atoms with van der Waals surface area (Å²) in [6.07, 6.45) is 5.66. The molecular weight excluding hydrogens is 1550 g/mol. The highest BCUT2D eigenvalue weighted by atomic mass is 32.2. The summed E-state index contributed by atoms with van der Waals surface area (Å²) in [6.45, 7) is 10.7. The van der Waals surface area contributed by atoms with E-state index >= 15 is 14.4 Å². The first-order valence-corrected chi connectivity index (χ1v) is 41.2. The molecule has 8 bridgehead atoms. The molecule has 0 fully saturated rings. The Hall–Kier alpha value is -11.6. The molecule has 35 nitrogen and oxygen atoms in total. The number of hydrazine groups is 1. The quantitative estimate of drug-likeness (QED) is 0.0152. The van der Waals surface area contributed by atoms with Gasteiger partial charge in [0.1, 0.15) is 91.7 Å². The van der Waals surface area contributed by atoms with Crippen LogP contribution in [0.3, 0.4) is 0 Å². The topological polar surface area (TPSA) is 525 Å². The van der Waals surface area contributed by atoms with E-state index < -0.39 is 117 Å². The Balaban J connectivity index is 1.04. The lowest BCUT2D eigenvalue weighted by Crippen LogP contribution is -2.56. The summed E-state index contributed by atoms with van der Waals surface area (Å²) < 4.78 is 60.5. The summed E-state index contributed by atoms with van der Waals surface area (Å²) in [5.74, 6) is -6.11. The van der Waals surface area contributed by atoms with E-state index in [-0.39, 0.29) is 137 Å². The number of rotatable bonds is 36. The molecule has 119 heavy (non-hydrogen) atoms. The monoisotopic (exact) mass is 1660 g/mol. The Kier molecular flexibility index (Phi) is 33.1. The van der Waals surface area contributed by atoms with Gasteiger partial charge in [-0.25, -0.2) is 14.6 Å². The number of ether oxygens (including phenoxy) is 4. The number of aryl methyl sites for hydroxylation is 4. The van der Waals surface area contributed by atoms with Gasteiger partial charge in [-0.3, -0.25) is 63.5 Å². The number of benzene rings is 6. The van der Waals surface area contributed by atoms with Crippen LogP contribution in [0.4, 0.5) is 0 Å². The molecule has 2 aliphatic heterocycles. The third kappa shape index (κ3) is 24.7. The fourth-order valence-electron chi connectivity index (χ4n) is 14.3. The summed E-state index contributed by atoms with van der Waals surface area (Å²) >= 11 is 0. The van der Waals surface area contributed by atoms with Crippen LogP contribution < -0.4 is 95.0 Å². The van der Waals surface area contributed by atoms with Crippen molar-refractivity contribution in [3.8, 4) is 45.3 Å². The zero-order valence-corrected chi connectivity index (χ0v) is 69.0. The normalized spacial score (nSPS) is 17.4. The van der Waals surface area contributed by atoms with E-state index in [1.807, 2.05) is 25.1 Å². The molecule has 20 N–H and O–H groups in total. The number of fused-ring (bicyclic) bond motifs is 10. The second-order valence-corrected chi connectivity index (χ2v) is 30.7. The number of likely N-dealkylation sites (N-methyl/N-ethyl adjacent to an activating group) is 2. The lowest BCUT2D eigenvalue weighted by Gasteiger charge is -2.33. The van der Waals surface area contributed by atoms with Crippen LogP contribution >= 0.6 is 0 Å². The maximum Gasteiger partial charge on any atom is 0.359 e. The van der Waals surface area contributed by atoms with Crippen LogP contribution in [0, 0.1) is 20.8 Å². The molecule has 2 aliphatic rings. The number of amides is 9. The second kappa shape index (κ2) is 43.2. The number of H-pyrrole nitrogens is 2. The molecule has 36 heteroatoms. The number of nitrogens with zero attached hydrogens (tertiary/aromatic N) is 3. The fourth-order valence-corrected chi connectivity index (χ4v) is 14.7. The number of nitrogens with one attached hydrogen (secondary N) is 11. The second-order valence-electron chi connectivity index (χ2n) is 29.5. The molecule has 9 rings (SSSR count). The van der Waals surface area contributed by atoms with Crippen molar-refractivity contribution in [2.45, 2.75) is 154 Å². The van der Waals surface area contributed by atoms with Crippen LogP contribution in [0.2, 0.25) is 0 Å². The standard InChI is InChI=1S/C83H110N18O17S/c1-9-10-11-12-13-14-52-16-22-58(49(4)40-52)77(105)93-64(82(110)101(8)72-56-20-25-69(116-36-31-86)61(45-56)59-42-54(18-23-67(59)115-35-30-85)44-66(78(106)99-119(112,113)114)95-75(103)51(6)91-80(72)108)28-33-88-89-34-38-118-68-24-17-53-41-60(68)62-46-55(19-26-70(62)117-37-32-87)71(79(107)90-50(5)74(102)94-65(43-53)73-96-83(111)98-97-73)100(7)81(109)63(27-29-84)92-76(104)57-21-15-47(2)39-48(57)3/h15-26,39-42,45-46,50-51,63-66,71-72,88-89H,9-14,27-38,43-44,84-87H2,1-8H3,(H,90,107)(H,91,108)(H,92,104)(H,93,105)(H,94,102)(H,95,103)(H,99,106)(H,112,113,114)(H2,96,97,98,111)/t50-,51-,63-,64-,65-,66-,71-,72-/m0/s1. The van der Waals surface area contributed by atoms with Gasteiger partial charge in [-0.2, -0.15) is 13.5 Å². The number of carbonyl (C=O) groups excluding carboxylic acids is 9. The van der Waals surface area contributed by atoms with Gasteiger partial charge >= 0.3 is 16.0 Å². The zero-order chi connectivity index (χ0) is 86.2. The Bertz CT molecular complexity index is 4960. The summed E-state index contributed by atoms with van der Waals surface area (Å²) in [7, 11) is -2.38. The predicted octanol–water partition coefficient (Wildman–Crippen LogP) is 2.77. The smallest absolute Gasteiger partial charge is 0.359 e. The number of carbonyl (C=O) groups is 9. The van der Waals surface area contributed by atoms with E-state index in [1.54, 1.807) is 105 Å². The molecule has 0 saturated heterocycles. The van der Waals surface area contributed by atoms with Crippen LogP contribution in [-0.4, -0.2) is 201 Å². The van der Waals surface area contributed by atoms with Crippen molar-refractivity contribution < 1.29 is 75.1 Å². The van der Waals surface area contributed by atoms with Crippen molar-refractivity contribution in [2.24, 2.45) is 22.9 Å². The summed E-state index contributed by atoms with van der Waals surface area (Å²) in [4.78, 5) is 149. The Labute approximate surface area is 690 Å². The van der Waals surface area contributed by atoms with Crippen molar-refractivity contribution in [1.29, 1.82) is 0 Å². The molecule has 0 saturated carbocycles. The number of unbranched alkanes of at least 4 members (excludes halogenated alkanes) is 4. The Morgan fingerprint density at radius 2 is 1.03 bits per heavy atom. The molecule has 7 aromatic rings. The minimum atomic E-state index is -5.14. The average Bonchev–Trinajstić information content (AvgIpc) is 0.957. The minimum Gasteiger partial charge on any atom is -0.492 e. The number of nitrogens with two attached hydrogens (primary N) is 4. The highest BCUT2D eigenvalue weighted by molar-refractivity contribution is 7.84. The van der Waals surface area contributed by atoms with E-state index in [0.29, 0.717) is 50.1 Å². The third-order valence-corrected chi connectivity index (χ3v) is 20.8. The SMILES string of the molecule is CCCCCCCc1ccc(C(=O)N[C@@H](CCNNCCOc2ccc3cc2-c2cc(ccc2OCCN)[C@H](N(C)C(=O)[C@H](CCN)NC(=O)c2ccc(C)cc2C)C(=O)N[C@@H](C)C(=O)N[C@H](c2n[nH]c(=O)[nH]2)C3)C(=O)N(C)[C@@H]2C(=O)N[C@@H](C)C(=O)N[C@H](C(=O)NS(=O)(=O)O)Cc3ccc(OCCN)c(c3)-c3cc2ccc3OCCN)c(C)c1. The molecule has 640 valence electrons. The first-order chi connectivity index (χ1) is 56.9. The van der Waals surface area contributed by atoms with E-state index in [1.165, 1.54) is 37.6 Å².